The monoisotopic (exact) mass is 871 g/mol. The molecule has 0 radical (unpaired) electrons. The van der Waals surface area contributed by atoms with E-state index in [9.17, 15) is 33.4 Å². The maximum atomic E-state index is 14.6. The fourth-order valence-electron chi connectivity index (χ4n) is 9.94. The van der Waals surface area contributed by atoms with Crippen LogP contribution in [0.1, 0.15) is 101 Å². The van der Waals surface area contributed by atoms with E-state index in [-0.39, 0.29) is 54.3 Å². The highest BCUT2D eigenvalue weighted by molar-refractivity contribution is 6.11. The third kappa shape index (κ3) is 9.35. The van der Waals surface area contributed by atoms with Gasteiger partial charge in [-0.2, -0.15) is 0 Å². The number of anilines is 1. The summed E-state index contributed by atoms with van der Waals surface area (Å²) in [6.45, 7) is 5.91. The number of carbonyl (C=O) groups is 4. The number of nitrogens with two attached hydrogens (primary N) is 1. The molecule has 5 heterocycles. The fraction of sp³-hybridized carbons (Fsp3) is 0.429. The van der Waals surface area contributed by atoms with Crippen molar-refractivity contribution in [1.29, 1.82) is 5.41 Å². The number of hydrogen-bond donors (Lipinski definition) is 4. The number of likely N-dealkylation sites (tertiary alicyclic amines) is 2. The van der Waals surface area contributed by atoms with Gasteiger partial charge in [-0.1, -0.05) is 30.0 Å². The highest BCUT2D eigenvalue weighted by Crippen LogP contribution is 2.38. The molecule has 3 aromatic rings. The first-order valence-electron chi connectivity index (χ1n) is 22.2. The molecule has 13 nitrogen and oxygen atoms in total. The van der Waals surface area contributed by atoms with Gasteiger partial charge in [0.15, 0.2) is 0 Å². The first-order valence-corrected chi connectivity index (χ1v) is 22.2. The van der Waals surface area contributed by atoms with E-state index in [1.165, 1.54) is 28.9 Å². The Morgan fingerprint density at radius 1 is 1.02 bits per heavy atom. The number of nitrogens with one attached hydrogen (secondary N) is 3. The summed E-state index contributed by atoms with van der Waals surface area (Å²) in [5, 5.41) is 15.8. The molecule has 5 aliphatic heterocycles. The van der Waals surface area contributed by atoms with Crippen molar-refractivity contribution in [2.75, 3.05) is 44.7 Å². The second-order valence-electron chi connectivity index (χ2n) is 17.4. The molecule has 3 atom stereocenters. The molecule has 0 spiro atoms. The second-order valence-corrected chi connectivity index (χ2v) is 17.4. The zero-order valence-corrected chi connectivity index (χ0v) is 36.3. The van der Waals surface area contributed by atoms with Crippen LogP contribution in [0.15, 0.2) is 65.8 Å². The van der Waals surface area contributed by atoms with Gasteiger partial charge in [-0.15, -0.1) is 0 Å². The molecule has 5 N–H and O–H groups in total. The zero-order valence-electron chi connectivity index (χ0n) is 36.3. The maximum absolute atomic E-state index is 14.6. The molecule has 4 amide bonds. The molecule has 3 fully saturated rings. The second kappa shape index (κ2) is 19.2. The molecule has 0 aromatic heterocycles. The molecule has 0 aliphatic carbocycles. The Hall–Kier alpha value is -6.24. The molecule has 8 rings (SSSR count). The Bertz CT molecular complexity index is 2450. The number of halogens is 2. The molecule has 15 heteroatoms. The number of aryl methyl sites for hydroxylation is 1. The predicted octanol–water partition coefficient (Wildman–Crippen LogP) is 5.01. The van der Waals surface area contributed by atoms with Crippen molar-refractivity contribution in [3.8, 4) is 11.8 Å². The Kier molecular flexibility index (Phi) is 13.3. The van der Waals surface area contributed by atoms with Crippen LogP contribution in [0.2, 0.25) is 0 Å². The van der Waals surface area contributed by atoms with Gasteiger partial charge >= 0.3 is 0 Å². The van der Waals surface area contributed by atoms with Gasteiger partial charge in [-0.3, -0.25) is 39.8 Å². The summed E-state index contributed by atoms with van der Waals surface area (Å²) in [7, 11) is 1.57. The van der Waals surface area contributed by atoms with Crippen molar-refractivity contribution in [2.24, 2.45) is 16.6 Å². The maximum Gasteiger partial charge on any atom is 0.264 e. The smallest absolute Gasteiger partial charge is 0.264 e. The van der Waals surface area contributed by atoms with E-state index in [2.05, 4.69) is 44.5 Å². The Labute approximate surface area is 372 Å². The first-order chi connectivity index (χ1) is 30.9. The summed E-state index contributed by atoms with van der Waals surface area (Å²) in [5.74, 6) is 5.50. The zero-order chi connectivity index (χ0) is 45.1. The number of amidine groups is 1. The lowest BCUT2D eigenvalue weighted by molar-refractivity contribution is -0.137. The van der Waals surface area contributed by atoms with E-state index in [1.54, 1.807) is 37.1 Å². The normalized spacial score (nSPS) is 22.1. The number of rotatable bonds is 9. The summed E-state index contributed by atoms with van der Waals surface area (Å²) in [6.07, 6.45) is 4.52. The van der Waals surface area contributed by atoms with Crippen LogP contribution >= 0.6 is 0 Å². The molecule has 334 valence electrons. The van der Waals surface area contributed by atoms with Crippen molar-refractivity contribution in [3.63, 3.8) is 0 Å². The Balaban J connectivity index is 0.886. The first kappa shape index (κ1) is 44.4. The molecule has 3 unspecified atom stereocenters. The summed E-state index contributed by atoms with van der Waals surface area (Å²) in [6, 6.07) is 16.4. The fourth-order valence-corrected chi connectivity index (χ4v) is 9.94. The van der Waals surface area contributed by atoms with Crippen LogP contribution in [0.5, 0.6) is 0 Å². The van der Waals surface area contributed by atoms with Crippen LogP contribution in [-0.4, -0.2) is 108 Å². The predicted molar refractivity (Wildman–Crippen MR) is 242 cm³/mol. The third-order valence-corrected chi connectivity index (χ3v) is 13.4. The number of aliphatic imine (C=N–C) groups is 1. The topological polar surface area (TPSA) is 168 Å². The van der Waals surface area contributed by atoms with Gasteiger partial charge < -0.3 is 25.8 Å². The molecular weight excluding hydrogens is 817 g/mol. The average molecular weight is 872 g/mol. The molecular formula is C49H55F2N9O4. The average Bonchev–Trinajstić information content (AvgIpc) is 3.63. The van der Waals surface area contributed by atoms with Crippen molar-refractivity contribution in [3.05, 3.63) is 105 Å². The van der Waals surface area contributed by atoms with Gasteiger partial charge in [0.1, 0.15) is 11.9 Å². The number of fused-ring (bicyclic) bond motifs is 2. The minimum absolute atomic E-state index is 0.0378. The molecule has 0 saturated carbocycles. The number of piperidine rings is 3. The van der Waals surface area contributed by atoms with E-state index in [4.69, 9.17) is 5.73 Å². The van der Waals surface area contributed by atoms with Gasteiger partial charge in [-0.05, 0) is 110 Å². The Morgan fingerprint density at radius 2 is 1.80 bits per heavy atom. The van der Waals surface area contributed by atoms with Crippen LogP contribution < -0.4 is 21.3 Å². The minimum Gasteiger partial charge on any atom is -0.404 e. The summed E-state index contributed by atoms with van der Waals surface area (Å²) < 4.78 is 29.1. The number of hydrogen-bond acceptors (Lipinski definition) is 9. The van der Waals surface area contributed by atoms with E-state index in [1.807, 2.05) is 23.1 Å². The van der Waals surface area contributed by atoms with Crippen molar-refractivity contribution in [2.45, 2.75) is 89.5 Å². The Morgan fingerprint density at radius 3 is 2.50 bits per heavy atom. The van der Waals surface area contributed by atoms with Crippen LogP contribution in [0.4, 0.5) is 14.5 Å². The van der Waals surface area contributed by atoms with Gasteiger partial charge in [0, 0.05) is 117 Å². The highest BCUT2D eigenvalue weighted by Gasteiger charge is 2.41. The van der Waals surface area contributed by atoms with Gasteiger partial charge in [0.05, 0.1) is 0 Å². The minimum atomic E-state index is -2.75. The largest absolute Gasteiger partial charge is 0.404 e. The van der Waals surface area contributed by atoms with Crippen molar-refractivity contribution >= 4 is 46.9 Å². The highest BCUT2D eigenvalue weighted by atomic mass is 19.3. The standard InChI is InChI=1S/C49H55F2N9O4/c1-30(61)58-22-18-42(41(28-58)47(53)59-19-4-6-34-23-38(35(25-52)26-54-2)39(46(50)51)24-44(34)59)55-36-16-20-57(21-17-36)27-32-10-8-31(9-11-32)12-13-33-5-3-7-37-40(33)29-60(49(37)64)43-14-15-45(62)56-48(43)63/h3,5,7-11,23-26,36,41-43,46,53,55H,4,6,14-22,27-29,52H2,1-2H3,(H,56,62,63). The lowest BCUT2D eigenvalue weighted by atomic mass is 9.86. The van der Waals surface area contributed by atoms with E-state index >= 15 is 0 Å². The molecule has 5 aliphatic rings. The molecule has 0 bridgehead atoms. The lowest BCUT2D eigenvalue weighted by Crippen LogP contribution is -2.59. The summed E-state index contributed by atoms with van der Waals surface area (Å²) >= 11 is 0. The SMILES string of the molecule is CN=CC(=CN)c1cc2c(cc1C(F)F)N(C(=N)C1CN(C(C)=O)CCC1NC1CCN(Cc3ccc(C#Cc4cccc5c4CN(C4CCC(=O)NC4=O)C5=O)cc3)CC1)CCC2. The van der Waals surface area contributed by atoms with E-state index in [0.29, 0.717) is 67.1 Å². The quantitative estimate of drug-likeness (QED) is 0.101. The molecule has 64 heavy (non-hydrogen) atoms. The number of nitrogens with zero attached hydrogens (tertiary/aromatic N) is 5. The van der Waals surface area contributed by atoms with Gasteiger partial charge in [0.2, 0.25) is 17.7 Å². The lowest BCUT2D eigenvalue weighted by Gasteiger charge is -2.45. The van der Waals surface area contributed by atoms with Crippen LogP contribution in [-0.2, 0) is 33.9 Å². The summed E-state index contributed by atoms with van der Waals surface area (Å²) in [4.78, 5) is 61.7. The number of amides is 4. The van der Waals surface area contributed by atoms with Gasteiger partial charge in [0.25, 0.3) is 12.3 Å². The van der Waals surface area contributed by atoms with E-state index in [0.717, 1.165) is 61.2 Å². The third-order valence-electron chi connectivity index (χ3n) is 13.4. The van der Waals surface area contributed by atoms with Crippen molar-refractivity contribution < 1.29 is 28.0 Å². The number of benzene rings is 3. The summed E-state index contributed by atoms with van der Waals surface area (Å²) in [5.41, 5.74) is 12.0. The number of allylic oxidation sites excluding steroid dienone is 1. The van der Waals surface area contributed by atoms with Crippen LogP contribution in [0.25, 0.3) is 5.57 Å². The number of imide groups is 1. The van der Waals surface area contributed by atoms with Gasteiger partial charge in [-0.25, -0.2) is 8.78 Å². The molecule has 3 saturated heterocycles. The molecule has 3 aromatic carbocycles. The number of alkyl halides is 2. The van der Waals surface area contributed by atoms with Crippen LogP contribution in [0.3, 0.4) is 0 Å². The van der Waals surface area contributed by atoms with Crippen LogP contribution in [0, 0.1) is 23.2 Å². The van der Waals surface area contributed by atoms with Crippen molar-refractivity contribution in [1.82, 2.24) is 25.3 Å². The number of carbonyl (C=O) groups excluding carboxylic acids is 4. The van der Waals surface area contributed by atoms with E-state index < -0.39 is 18.4 Å².